The molecule has 0 radical (unpaired) electrons. The van der Waals surface area contributed by atoms with Crippen molar-refractivity contribution in [3.05, 3.63) is 29.8 Å². The van der Waals surface area contributed by atoms with Crippen LogP contribution < -0.4 is 10.1 Å². The van der Waals surface area contributed by atoms with Gasteiger partial charge in [-0.3, -0.25) is 0 Å². The third-order valence-corrected chi connectivity index (χ3v) is 3.88. The van der Waals surface area contributed by atoms with E-state index in [1.54, 1.807) is 7.11 Å². The molecule has 20 heavy (non-hydrogen) atoms. The van der Waals surface area contributed by atoms with Gasteiger partial charge in [-0.05, 0) is 38.1 Å². The van der Waals surface area contributed by atoms with E-state index in [9.17, 15) is 5.11 Å². The fourth-order valence-electron chi connectivity index (χ4n) is 2.89. The predicted octanol–water partition coefficient (Wildman–Crippen LogP) is 1.08. The maximum Gasteiger partial charge on any atom is 0.118 e. The quantitative estimate of drug-likeness (QED) is 0.848. The SMILES string of the molecule is COc1ccc(C[NH2+]C[C@]2(O)CCOC(C)(C)C2)cc1. The van der Waals surface area contributed by atoms with E-state index in [1.165, 1.54) is 5.56 Å². The minimum Gasteiger partial charge on any atom is -0.497 e. The van der Waals surface area contributed by atoms with E-state index in [0.29, 0.717) is 19.6 Å². The summed E-state index contributed by atoms with van der Waals surface area (Å²) in [7, 11) is 1.67. The van der Waals surface area contributed by atoms with Crippen molar-refractivity contribution in [3.8, 4) is 5.75 Å². The lowest BCUT2D eigenvalue weighted by atomic mass is 9.84. The van der Waals surface area contributed by atoms with E-state index in [2.05, 4.69) is 17.4 Å². The van der Waals surface area contributed by atoms with Gasteiger partial charge in [0.1, 0.15) is 24.4 Å². The van der Waals surface area contributed by atoms with Crippen LogP contribution in [0, 0.1) is 0 Å². The molecular formula is C16H26NO3+. The second kappa shape index (κ2) is 6.12. The maximum absolute atomic E-state index is 10.6. The molecule has 0 saturated carbocycles. The van der Waals surface area contributed by atoms with Gasteiger partial charge in [0.25, 0.3) is 0 Å². The second-order valence-corrected chi connectivity index (χ2v) is 6.30. The first-order chi connectivity index (χ1) is 9.42. The molecule has 4 nitrogen and oxygen atoms in total. The monoisotopic (exact) mass is 280 g/mol. The molecule has 1 aromatic rings. The predicted molar refractivity (Wildman–Crippen MR) is 77.7 cm³/mol. The topological polar surface area (TPSA) is 55.3 Å². The molecule has 112 valence electrons. The summed E-state index contributed by atoms with van der Waals surface area (Å²) >= 11 is 0. The molecule has 0 unspecified atom stereocenters. The van der Waals surface area contributed by atoms with Crippen LogP contribution in [0.2, 0.25) is 0 Å². The van der Waals surface area contributed by atoms with Gasteiger partial charge in [0, 0.05) is 18.4 Å². The van der Waals surface area contributed by atoms with Gasteiger partial charge in [-0.1, -0.05) is 0 Å². The van der Waals surface area contributed by atoms with Crippen molar-refractivity contribution >= 4 is 0 Å². The van der Waals surface area contributed by atoms with E-state index < -0.39 is 5.60 Å². The Morgan fingerprint density at radius 2 is 2.00 bits per heavy atom. The highest BCUT2D eigenvalue weighted by Gasteiger charge is 2.40. The molecule has 1 saturated heterocycles. The summed E-state index contributed by atoms with van der Waals surface area (Å²) in [5, 5.41) is 12.8. The smallest absolute Gasteiger partial charge is 0.118 e. The van der Waals surface area contributed by atoms with Crippen molar-refractivity contribution in [2.75, 3.05) is 20.3 Å². The second-order valence-electron chi connectivity index (χ2n) is 6.30. The summed E-state index contributed by atoms with van der Waals surface area (Å²) in [6, 6.07) is 8.06. The zero-order chi connectivity index (χ0) is 14.6. The average Bonchev–Trinajstić information content (AvgIpc) is 2.38. The molecule has 1 aromatic carbocycles. The van der Waals surface area contributed by atoms with Crippen molar-refractivity contribution in [3.63, 3.8) is 0 Å². The number of hydrogen-bond acceptors (Lipinski definition) is 3. The van der Waals surface area contributed by atoms with Gasteiger partial charge in [-0.2, -0.15) is 0 Å². The summed E-state index contributed by atoms with van der Waals surface area (Å²) in [6.07, 6.45) is 1.41. The summed E-state index contributed by atoms with van der Waals surface area (Å²) < 4.78 is 10.8. The Morgan fingerprint density at radius 3 is 2.60 bits per heavy atom. The van der Waals surface area contributed by atoms with E-state index in [-0.39, 0.29) is 5.60 Å². The van der Waals surface area contributed by atoms with Crippen LogP contribution in [0.15, 0.2) is 24.3 Å². The van der Waals surface area contributed by atoms with Gasteiger partial charge < -0.3 is 19.9 Å². The lowest BCUT2D eigenvalue weighted by molar-refractivity contribution is -0.683. The van der Waals surface area contributed by atoms with Gasteiger partial charge in [0.05, 0.1) is 19.3 Å². The van der Waals surface area contributed by atoms with Crippen LogP contribution in [0.5, 0.6) is 5.75 Å². The third kappa shape index (κ3) is 4.20. The lowest BCUT2D eigenvalue weighted by Crippen LogP contribution is -2.87. The molecule has 1 atom stereocenters. The third-order valence-electron chi connectivity index (χ3n) is 3.88. The first-order valence-corrected chi connectivity index (χ1v) is 7.23. The highest BCUT2D eigenvalue weighted by molar-refractivity contribution is 5.26. The average molecular weight is 280 g/mol. The summed E-state index contributed by atoms with van der Waals surface area (Å²) in [5.74, 6) is 0.874. The molecule has 0 spiro atoms. The zero-order valence-electron chi connectivity index (χ0n) is 12.7. The highest BCUT2D eigenvalue weighted by Crippen LogP contribution is 2.30. The Bertz CT molecular complexity index is 430. The Hall–Kier alpha value is -1.10. The number of ether oxygens (including phenoxy) is 2. The molecule has 0 bridgehead atoms. The molecule has 2 rings (SSSR count). The molecule has 0 aliphatic carbocycles. The Morgan fingerprint density at radius 1 is 1.30 bits per heavy atom. The van der Waals surface area contributed by atoms with Crippen LogP contribution >= 0.6 is 0 Å². The van der Waals surface area contributed by atoms with Crippen LogP contribution in [-0.4, -0.2) is 36.6 Å². The Labute approximate surface area is 121 Å². The number of rotatable bonds is 5. The number of methoxy groups -OCH3 is 1. The van der Waals surface area contributed by atoms with Gasteiger partial charge in [-0.25, -0.2) is 0 Å². The number of hydrogen-bond donors (Lipinski definition) is 2. The van der Waals surface area contributed by atoms with Crippen LogP contribution in [0.1, 0.15) is 32.3 Å². The largest absolute Gasteiger partial charge is 0.497 e. The minimum atomic E-state index is -0.617. The van der Waals surface area contributed by atoms with Gasteiger partial charge in [0.15, 0.2) is 0 Å². The lowest BCUT2D eigenvalue weighted by Gasteiger charge is -2.40. The first kappa shape index (κ1) is 15.3. The number of quaternary nitrogens is 1. The molecule has 1 aliphatic heterocycles. The standard InChI is InChI=1S/C16H25NO3/c1-15(2)11-16(18,8-9-20-15)12-17-10-13-4-6-14(19-3)7-5-13/h4-7,17-18H,8-12H2,1-3H3/p+1/t16-/m0/s1. The summed E-state index contributed by atoms with van der Waals surface area (Å²) in [4.78, 5) is 0. The van der Waals surface area contributed by atoms with Gasteiger partial charge >= 0.3 is 0 Å². The zero-order valence-corrected chi connectivity index (χ0v) is 12.7. The van der Waals surface area contributed by atoms with Gasteiger partial charge in [-0.15, -0.1) is 0 Å². The number of aliphatic hydroxyl groups is 1. The van der Waals surface area contributed by atoms with E-state index >= 15 is 0 Å². The molecule has 1 aliphatic rings. The van der Waals surface area contributed by atoms with Crippen molar-refractivity contribution in [1.82, 2.24) is 0 Å². The van der Waals surface area contributed by atoms with Crippen LogP contribution in [0.4, 0.5) is 0 Å². The normalized spacial score (nSPS) is 25.4. The molecule has 1 heterocycles. The van der Waals surface area contributed by atoms with E-state index in [4.69, 9.17) is 9.47 Å². The van der Waals surface area contributed by atoms with Crippen LogP contribution in [-0.2, 0) is 11.3 Å². The fraction of sp³-hybridized carbons (Fsp3) is 0.625. The van der Waals surface area contributed by atoms with Crippen molar-refractivity contribution in [2.45, 2.75) is 44.4 Å². The molecule has 0 amide bonds. The van der Waals surface area contributed by atoms with E-state index in [0.717, 1.165) is 18.7 Å². The van der Waals surface area contributed by atoms with Crippen molar-refractivity contribution in [1.29, 1.82) is 0 Å². The molecule has 4 heteroatoms. The maximum atomic E-state index is 10.6. The molecular weight excluding hydrogens is 254 g/mol. The van der Waals surface area contributed by atoms with E-state index in [1.807, 2.05) is 26.0 Å². The van der Waals surface area contributed by atoms with Crippen LogP contribution in [0.25, 0.3) is 0 Å². The highest BCUT2D eigenvalue weighted by atomic mass is 16.5. The molecule has 0 aromatic heterocycles. The van der Waals surface area contributed by atoms with Crippen molar-refractivity contribution < 1.29 is 19.9 Å². The Balaban J connectivity index is 1.82. The summed E-state index contributed by atoms with van der Waals surface area (Å²) in [6.45, 7) is 6.31. The fourth-order valence-corrected chi connectivity index (χ4v) is 2.89. The molecule has 1 fully saturated rings. The summed E-state index contributed by atoms with van der Waals surface area (Å²) in [5.41, 5.74) is 0.399. The number of benzene rings is 1. The van der Waals surface area contributed by atoms with Crippen LogP contribution in [0.3, 0.4) is 0 Å². The van der Waals surface area contributed by atoms with Gasteiger partial charge in [0.2, 0.25) is 0 Å². The molecule has 3 N–H and O–H groups in total. The first-order valence-electron chi connectivity index (χ1n) is 7.23. The minimum absolute atomic E-state index is 0.221. The number of nitrogens with two attached hydrogens (primary N) is 1. The Kier molecular flexibility index (Phi) is 4.68. The van der Waals surface area contributed by atoms with Crippen molar-refractivity contribution in [2.24, 2.45) is 0 Å².